The van der Waals surface area contributed by atoms with Crippen molar-refractivity contribution in [2.24, 2.45) is 17.3 Å². The Kier molecular flexibility index (Phi) is 6.85. The Morgan fingerprint density at radius 2 is 1.16 bits per heavy atom. The molecule has 0 bridgehead atoms. The molecule has 2 aliphatic rings. The first kappa shape index (κ1) is 28.4. The molecule has 0 saturated heterocycles. The van der Waals surface area contributed by atoms with Gasteiger partial charge in [-0.25, -0.2) is 0 Å². The lowest BCUT2D eigenvalue weighted by Gasteiger charge is -2.37. The van der Waals surface area contributed by atoms with Gasteiger partial charge in [-0.1, -0.05) is 175 Å². The van der Waals surface area contributed by atoms with Crippen molar-refractivity contribution in [1.29, 1.82) is 0 Å². The molecule has 44 heavy (non-hydrogen) atoms. The number of fused-ring (bicyclic) bond motifs is 3. The summed E-state index contributed by atoms with van der Waals surface area (Å²) in [4.78, 5) is 0. The summed E-state index contributed by atoms with van der Waals surface area (Å²) in [6, 6.07) is 43.0. The summed E-state index contributed by atoms with van der Waals surface area (Å²) in [6.07, 6.45) is 7.49. The van der Waals surface area contributed by atoms with Crippen LogP contribution in [0.3, 0.4) is 0 Å². The van der Waals surface area contributed by atoms with E-state index in [0.717, 1.165) is 0 Å². The molecular formula is C44H42. The maximum Gasteiger partial charge on any atom is 0.0140 e. The predicted octanol–water partition coefficient (Wildman–Crippen LogP) is 9.99. The molecule has 2 atom stereocenters. The average molecular weight is 571 g/mol. The van der Waals surface area contributed by atoms with Crippen LogP contribution in [0.5, 0.6) is 0 Å². The van der Waals surface area contributed by atoms with Gasteiger partial charge in [0.15, 0.2) is 0 Å². The summed E-state index contributed by atoms with van der Waals surface area (Å²) in [6.45, 7) is 14.0. The van der Waals surface area contributed by atoms with E-state index in [1.165, 1.54) is 65.7 Å². The lowest BCUT2D eigenvalue weighted by molar-refractivity contribution is 0.502. The van der Waals surface area contributed by atoms with E-state index in [1.807, 2.05) is 0 Å². The summed E-state index contributed by atoms with van der Waals surface area (Å²) in [5.41, 5.74) is 10.9. The fourth-order valence-corrected chi connectivity index (χ4v) is 7.15. The van der Waals surface area contributed by atoms with Crippen molar-refractivity contribution in [1.82, 2.24) is 0 Å². The highest BCUT2D eigenvalue weighted by Gasteiger charge is 2.35. The highest BCUT2D eigenvalue weighted by atomic mass is 14.4. The summed E-state index contributed by atoms with van der Waals surface area (Å²) in [5, 5.41) is 5.34. The molecule has 0 N–H and O–H groups in total. The molecule has 218 valence electrons. The van der Waals surface area contributed by atoms with Gasteiger partial charge in [-0.05, 0) is 76.6 Å². The first-order valence-electron chi connectivity index (χ1n) is 16.0. The van der Waals surface area contributed by atoms with Crippen molar-refractivity contribution in [2.75, 3.05) is 0 Å². The number of allylic oxidation sites excluding steroid dienone is 4. The number of hydrogen-bond acceptors (Lipinski definition) is 0. The fraction of sp³-hybridized carbons (Fsp3) is 0.227. The minimum Gasteiger partial charge on any atom is -0.0758 e. The van der Waals surface area contributed by atoms with Crippen molar-refractivity contribution < 1.29 is 0 Å². The molecule has 0 heterocycles. The lowest BCUT2D eigenvalue weighted by Crippen LogP contribution is -2.41. The highest BCUT2D eigenvalue weighted by molar-refractivity contribution is 5.96. The van der Waals surface area contributed by atoms with E-state index in [4.69, 9.17) is 0 Å². The van der Waals surface area contributed by atoms with E-state index < -0.39 is 0 Å². The smallest absolute Gasteiger partial charge is 0.0140 e. The highest BCUT2D eigenvalue weighted by Crippen LogP contribution is 2.45. The van der Waals surface area contributed by atoms with Gasteiger partial charge in [0.25, 0.3) is 0 Å². The number of benzene rings is 5. The van der Waals surface area contributed by atoms with Gasteiger partial charge in [-0.2, -0.15) is 0 Å². The molecule has 7 rings (SSSR count). The van der Waals surface area contributed by atoms with Gasteiger partial charge in [-0.3, -0.25) is 0 Å². The van der Waals surface area contributed by atoms with Crippen LogP contribution in [0.15, 0.2) is 139 Å². The first-order chi connectivity index (χ1) is 21.1. The van der Waals surface area contributed by atoms with Crippen LogP contribution in [0.1, 0.15) is 58.2 Å². The second-order valence-electron chi connectivity index (χ2n) is 14.6. The van der Waals surface area contributed by atoms with E-state index in [-0.39, 0.29) is 22.7 Å². The Hall–Kier alpha value is -4.42. The third-order valence-corrected chi connectivity index (χ3v) is 9.61. The van der Waals surface area contributed by atoms with Gasteiger partial charge in [0.2, 0.25) is 0 Å². The largest absolute Gasteiger partial charge is 0.0758 e. The van der Waals surface area contributed by atoms with Crippen LogP contribution < -0.4 is 10.4 Å². The van der Waals surface area contributed by atoms with Crippen LogP contribution in [0.4, 0.5) is 0 Å². The normalized spacial score (nSPS) is 18.2. The molecular weight excluding hydrogens is 528 g/mol. The lowest BCUT2D eigenvalue weighted by atomic mass is 9.66. The average Bonchev–Trinajstić information content (AvgIpc) is 3.02. The van der Waals surface area contributed by atoms with Gasteiger partial charge in [0, 0.05) is 11.8 Å². The zero-order valence-corrected chi connectivity index (χ0v) is 26.9. The Bertz CT molecular complexity index is 2050. The van der Waals surface area contributed by atoms with Crippen LogP contribution >= 0.6 is 0 Å². The molecule has 0 spiro atoms. The van der Waals surface area contributed by atoms with E-state index in [0.29, 0.717) is 0 Å². The summed E-state index contributed by atoms with van der Waals surface area (Å²) in [7, 11) is 0. The van der Waals surface area contributed by atoms with Gasteiger partial charge in [0.1, 0.15) is 0 Å². The zero-order chi connectivity index (χ0) is 30.6. The monoisotopic (exact) mass is 570 g/mol. The van der Waals surface area contributed by atoms with Crippen molar-refractivity contribution in [2.45, 2.75) is 47.0 Å². The third-order valence-electron chi connectivity index (χ3n) is 9.61. The van der Waals surface area contributed by atoms with Crippen LogP contribution in [-0.2, 0) is 5.41 Å². The van der Waals surface area contributed by atoms with Crippen LogP contribution in [0.25, 0.3) is 33.0 Å². The molecule has 0 fully saturated rings. The molecule has 0 amide bonds. The van der Waals surface area contributed by atoms with Crippen LogP contribution in [-0.4, -0.2) is 0 Å². The summed E-state index contributed by atoms with van der Waals surface area (Å²) in [5.74, 6) is 0.470. The second-order valence-corrected chi connectivity index (χ2v) is 14.6. The molecule has 0 nitrogen and oxygen atoms in total. The summed E-state index contributed by atoms with van der Waals surface area (Å²) < 4.78 is 0. The number of hydrogen-bond donors (Lipinski definition) is 0. The molecule has 0 aliphatic heterocycles. The van der Waals surface area contributed by atoms with Gasteiger partial charge in [0.05, 0.1) is 0 Å². The Morgan fingerprint density at radius 1 is 0.500 bits per heavy atom. The molecule has 5 aromatic rings. The van der Waals surface area contributed by atoms with E-state index in [1.54, 1.807) is 0 Å². The van der Waals surface area contributed by atoms with Crippen molar-refractivity contribution in [3.63, 3.8) is 0 Å². The second kappa shape index (κ2) is 10.6. The van der Waals surface area contributed by atoms with Gasteiger partial charge in [-0.15, -0.1) is 0 Å². The maximum absolute atomic E-state index is 2.58. The van der Waals surface area contributed by atoms with Gasteiger partial charge >= 0.3 is 0 Å². The Morgan fingerprint density at radius 3 is 1.89 bits per heavy atom. The minimum absolute atomic E-state index is 0.0511. The molecule has 0 saturated carbocycles. The zero-order valence-electron chi connectivity index (χ0n) is 26.9. The van der Waals surface area contributed by atoms with Crippen molar-refractivity contribution >= 4 is 21.9 Å². The molecule has 0 radical (unpaired) electrons. The molecule has 0 aromatic heterocycles. The van der Waals surface area contributed by atoms with E-state index >= 15 is 0 Å². The molecule has 0 heteroatoms. The third kappa shape index (κ3) is 4.97. The minimum atomic E-state index is 0.0511. The quantitative estimate of drug-likeness (QED) is 0.202. The maximum atomic E-state index is 2.58. The first-order valence-corrected chi connectivity index (χ1v) is 16.0. The standard InChI is InChI=1S/C44H42/c1-43(2,3)33-24-26-38-39(27-33)41(32-21-19-30(20-22-32)29-13-8-7-9-14-29)37-25-23-34(44(4,5)6)28-40(37)42(38)36-18-12-16-31-15-10-11-17-35(31)36/h7-28,37,40H,1-6H3. The molecule has 5 aromatic carbocycles. The van der Waals surface area contributed by atoms with Crippen molar-refractivity contribution in [3.8, 4) is 11.1 Å². The Labute approximate surface area is 262 Å². The number of rotatable bonds is 3. The Balaban J connectivity index is 1.58. The molecule has 2 aliphatic carbocycles. The molecule has 2 unspecified atom stereocenters. The topological polar surface area (TPSA) is 0 Å². The predicted molar refractivity (Wildman–Crippen MR) is 189 cm³/mol. The van der Waals surface area contributed by atoms with Gasteiger partial charge < -0.3 is 0 Å². The van der Waals surface area contributed by atoms with E-state index in [2.05, 4.69) is 175 Å². The fourth-order valence-electron chi connectivity index (χ4n) is 7.15. The van der Waals surface area contributed by atoms with E-state index in [9.17, 15) is 0 Å². The SMILES string of the molecule is CC(C)(C)C1=CC2C(c3cccc4ccccc34)=c3ccc(C(C)(C)C)cc3=C(c3ccc(-c4ccccc4)cc3)C2C=C1. The van der Waals surface area contributed by atoms with Crippen molar-refractivity contribution in [3.05, 3.63) is 166 Å². The van der Waals surface area contributed by atoms with Crippen LogP contribution in [0, 0.1) is 17.3 Å². The van der Waals surface area contributed by atoms with Crippen LogP contribution in [0.2, 0.25) is 0 Å². The summed E-state index contributed by atoms with van der Waals surface area (Å²) >= 11 is 0.